The number of hydrogen-bond donors (Lipinski definition) is 1. The molecule has 0 saturated heterocycles. The number of amides is 1. The molecule has 0 heterocycles. The summed E-state index contributed by atoms with van der Waals surface area (Å²) in [7, 11) is 1.65. The molecule has 124 valence electrons. The van der Waals surface area contributed by atoms with E-state index in [1.54, 1.807) is 43.1 Å². The molecule has 1 amide bonds. The van der Waals surface area contributed by atoms with Crippen LogP contribution in [0.1, 0.15) is 24.1 Å². The molecule has 24 heavy (non-hydrogen) atoms. The molecule has 6 heteroatoms. The SMILES string of the molecule is CC(c1cc(F)ccc1F)N(C)CC(=O)Nc1cccc(C#N)c1. The van der Waals surface area contributed by atoms with Gasteiger partial charge in [0.25, 0.3) is 0 Å². The average Bonchev–Trinajstić information content (AvgIpc) is 2.56. The normalized spacial score (nSPS) is 11.8. The lowest BCUT2D eigenvalue weighted by molar-refractivity contribution is -0.117. The van der Waals surface area contributed by atoms with Crippen molar-refractivity contribution in [3.05, 3.63) is 65.2 Å². The van der Waals surface area contributed by atoms with Crippen molar-refractivity contribution >= 4 is 11.6 Å². The van der Waals surface area contributed by atoms with E-state index in [4.69, 9.17) is 5.26 Å². The van der Waals surface area contributed by atoms with Gasteiger partial charge in [-0.2, -0.15) is 5.26 Å². The van der Waals surface area contributed by atoms with Crippen molar-refractivity contribution in [2.75, 3.05) is 18.9 Å². The van der Waals surface area contributed by atoms with E-state index in [9.17, 15) is 13.6 Å². The zero-order chi connectivity index (χ0) is 17.7. The van der Waals surface area contributed by atoms with Crippen LogP contribution in [0.25, 0.3) is 0 Å². The van der Waals surface area contributed by atoms with Gasteiger partial charge in [-0.1, -0.05) is 6.07 Å². The van der Waals surface area contributed by atoms with E-state index < -0.39 is 17.7 Å². The van der Waals surface area contributed by atoms with Gasteiger partial charge < -0.3 is 5.32 Å². The predicted octanol–water partition coefficient (Wildman–Crippen LogP) is 3.47. The number of carbonyl (C=O) groups is 1. The molecular weight excluding hydrogens is 312 g/mol. The highest BCUT2D eigenvalue weighted by molar-refractivity contribution is 5.92. The van der Waals surface area contributed by atoms with E-state index in [2.05, 4.69) is 5.32 Å². The van der Waals surface area contributed by atoms with Gasteiger partial charge in [-0.3, -0.25) is 9.69 Å². The minimum Gasteiger partial charge on any atom is -0.325 e. The van der Waals surface area contributed by atoms with Gasteiger partial charge in [0.05, 0.1) is 18.2 Å². The second-order valence-corrected chi connectivity index (χ2v) is 5.50. The summed E-state index contributed by atoms with van der Waals surface area (Å²) in [5.41, 5.74) is 1.14. The van der Waals surface area contributed by atoms with Gasteiger partial charge in [-0.15, -0.1) is 0 Å². The first-order chi connectivity index (χ1) is 11.4. The van der Waals surface area contributed by atoms with Crippen molar-refractivity contribution in [1.29, 1.82) is 5.26 Å². The highest BCUT2D eigenvalue weighted by atomic mass is 19.1. The van der Waals surface area contributed by atoms with Crippen LogP contribution in [0.2, 0.25) is 0 Å². The second kappa shape index (κ2) is 7.66. The Balaban J connectivity index is 2.02. The third-order valence-corrected chi connectivity index (χ3v) is 3.74. The van der Waals surface area contributed by atoms with Gasteiger partial charge in [-0.05, 0) is 50.4 Å². The van der Waals surface area contributed by atoms with E-state index in [0.717, 1.165) is 18.2 Å². The van der Waals surface area contributed by atoms with Gasteiger partial charge >= 0.3 is 0 Å². The van der Waals surface area contributed by atoms with Crippen LogP contribution in [0.4, 0.5) is 14.5 Å². The first-order valence-corrected chi connectivity index (χ1v) is 7.36. The maximum atomic E-state index is 13.8. The molecule has 2 aromatic carbocycles. The number of benzene rings is 2. The average molecular weight is 329 g/mol. The fourth-order valence-corrected chi connectivity index (χ4v) is 2.30. The molecule has 0 aliphatic carbocycles. The molecular formula is C18H17F2N3O. The van der Waals surface area contributed by atoms with E-state index in [1.807, 2.05) is 6.07 Å². The number of nitrogens with zero attached hydrogens (tertiary/aromatic N) is 2. The Morgan fingerprint density at radius 1 is 1.29 bits per heavy atom. The lowest BCUT2D eigenvalue weighted by atomic mass is 10.1. The van der Waals surface area contributed by atoms with Crippen LogP contribution in [0, 0.1) is 23.0 Å². The van der Waals surface area contributed by atoms with Crippen LogP contribution < -0.4 is 5.32 Å². The number of carbonyl (C=O) groups excluding carboxylic acids is 1. The van der Waals surface area contributed by atoms with Crippen molar-refractivity contribution in [1.82, 2.24) is 4.90 Å². The fourth-order valence-electron chi connectivity index (χ4n) is 2.30. The molecule has 1 N–H and O–H groups in total. The van der Waals surface area contributed by atoms with E-state index in [1.165, 1.54) is 0 Å². The number of halogens is 2. The first-order valence-electron chi connectivity index (χ1n) is 7.36. The van der Waals surface area contributed by atoms with Gasteiger partial charge in [0.2, 0.25) is 5.91 Å². The number of likely N-dealkylation sites (N-methyl/N-ethyl adjacent to an activating group) is 1. The summed E-state index contributed by atoms with van der Waals surface area (Å²) >= 11 is 0. The Bertz CT molecular complexity index is 786. The molecule has 0 bridgehead atoms. The third kappa shape index (κ3) is 4.37. The summed E-state index contributed by atoms with van der Waals surface area (Å²) < 4.78 is 27.1. The van der Waals surface area contributed by atoms with Crippen molar-refractivity contribution in [2.45, 2.75) is 13.0 Å². The Hall–Kier alpha value is -2.78. The molecule has 1 atom stereocenters. The molecule has 0 aromatic heterocycles. The van der Waals surface area contributed by atoms with Crippen molar-refractivity contribution in [3.63, 3.8) is 0 Å². The largest absolute Gasteiger partial charge is 0.325 e. The van der Waals surface area contributed by atoms with Crippen LogP contribution >= 0.6 is 0 Å². The van der Waals surface area contributed by atoms with Crippen molar-refractivity contribution < 1.29 is 13.6 Å². The Morgan fingerprint density at radius 2 is 2.04 bits per heavy atom. The van der Waals surface area contributed by atoms with Crippen molar-refractivity contribution in [3.8, 4) is 6.07 Å². The van der Waals surface area contributed by atoms with Crippen LogP contribution in [0.3, 0.4) is 0 Å². The quantitative estimate of drug-likeness (QED) is 0.914. The Labute approximate surface area is 139 Å². The zero-order valence-electron chi connectivity index (χ0n) is 13.4. The highest BCUT2D eigenvalue weighted by Gasteiger charge is 2.18. The molecule has 2 aromatic rings. The molecule has 1 unspecified atom stereocenters. The van der Waals surface area contributed by atoms with Gasteiger partial charge in [-0.25, -0.2) is 8.78 Å². The van der Waals surface area contributed by atoms with E-state index >= 15 is 0 Å². The molecule has 0 aliphatic rings. The summed E-state index contributed by atoms with van der Waals surface area (Å²) in [6.45, 7) is 1.69. The second-order valence-electron chi connectivity index (χ2n) is 5.50. The summed E-state index contributed by atoms with van der Waals surface area (Å²) in [5.74, 6) is -1.35. The Kier molecular flexibility index (Phi) is 5.61. The number of hydrogen-bond acceptors (Lipinski definition) is 3. The van der Waals surface area contributed by atoms with Gasteiger partial charge in [0, 0.05) is 17.3 Å². The Morgan fingerprint density at radius 3 is 2.75 bits per heavy atom. The summed E-state index contributed by atoms with van der Waals surface area (Å²) in [4.78, 5) is 13.7. The highest BCUT2D eigenvalue weighted by Crippen LogP contribution is 2.22. The van der Waals surface area contributed by atoms with E-state index in [-0.39, 0.29) is 18.0 Å². The zero-order valence-corrected chi connectivity index (χ0v) is 13.4. The van der Waals surface area contributed by atoms with Crippen molar-refractivity contribution in [2.24, 2.45) is 0 Å². The monoisotopic (exact) mass is 329 g/mol. The number of nitrogens with one attached hydrogen (secondary N) is 1. The molecule has 0 spiro atoms. The first kappa shape index (κ1) is 17.6. The topological polar surface area (TPSA) is 56.1 Å². The van der Waals surface area contributed by atoms with Gasteiger partial charge in [0.1, 0.15) is 11.6 Å². The smallest absolute Gasteiger partial charge is 0.238 e. The summed E-state index contributed by atoms with van der Waals surface area (Å²) in [6.07, 6.45) is 0. The number of rotatable bonds is 5. The standard InChI is InChI=1S/C18H17F2N3O/c1-12(16-9-14(19)6-7-17(16)20)23(2)11-18(24)22-15-5-3-4-13(8-15)10-21/h3-9,12H,11H2,1-2H3,(H,22,24). The lowest BCUT2D eigenvalue weighted by Gasteiger charge is -2.24. The minimum absolute atomic E-state index is 0.00605. The fraction of sp³-hybridized carbons (Fsp3) is 0.222. The van der Waals surface area contributed by atoms with Crippen LogP contribution in [0.5, 0.6) is 0 Å². The third-order valence-electron chi connectivity index (χ3n) is 3.74. The molecule has 0 radical (unpaired) electrons. The maximum Gasteiger partial charge on any atom is 0.238 e. The predicted molar refractivity (Wildman–Crippen MR) is 87.2 cm³/mol. The lowest BCUT2D eigenvalue weighted by Crippen LogP contribution is -2.32. The molecule has 0 saturated carbocycles. The minimum atomic E-state index is -0.524. The van der Waals surface area contributed by atoms with Crippen LogP contribution in [-0.2, 0) is 4.79 Å². The number of anilines is 1. The van der Waals surface area contributed by atoms with Crippen LogP contribution in [-0.4, -0.2) is 24.4 Å². The van der Waals surface area contributed by atoms with E-state index in [0.29, 0.717) is 11.3 Å². The van der Waals surface area contributed by atoms with Crippen LogP contribution in [0.15, 0.2) is 42.5 Å². The molecule has 2 rings (SSSR count). The maximum absolute atomic E-state index is 13.8. The molecule has 0 aliphatic heterocycles. The summed E-state index contributed by atoms with van der Waals surface area (Å²) in [5, 5.41) is 11.5. The molecule has 4 nitrogen and oxygen atoms in total. The van der Waals surface area contributed by atoms with Gasteiger partial charge in [0.15, 0.2) is 0 Å². The number of nitriles is 1. The molecule has 0 fully saturated rings. The summed E-state index contributed by atoms with van der Waals surface area (Å²) in [6, 6.07) is 11.3.